The van der Waals surface area contributed by atoms with Gasteiger partial charge >= 0.3 is 5.97 Å². The van der Waals surface area contributed by atoms with Gasteiger partial charge in [-0.05, 0) is 24.4 Å². The molecule has 126 valence electrons. The molecular weight excluding hydrogens is 320 g/mol. The van der Waals surface area contributed by atoms with Gasteiger partial charge in [-0.1, -0.05) is 6.07 Å². The molecule has 0 radical (unpaired) electrons. The van der Waals surface area contributed by atoms with Gasteiger partial charge in [0, 0.05) is 25.3 Å². The van der Waals surface area contributed by atoms with E-state index in [1.165, 1.54) is 7.11 Å². The summed E-state index contributed by atoms with van der Waals surface area (Å²) >= 11 is 5.05. The van der Waals surface area contributed by atoms with Crippen molar-refractivity contribution in [1.29, 1.82) is 0 Å². The molecule has 0 fully saturated rings. The third-order valence-corrected chi connectivity index (χ3v) is 2.89. The molecule has 8 heteroatoms. The highest BCUT2D eigenvalue weighted by atomic mass is 32.1. The van der Waals surface area contributed by atoms with Crippen LogP contribution in [-0.2, 0) is 19.1 Å². The van der Waals surface area contributed by atoms with Gasteiger partial charge in [0.05, 0.1) is 20.1 Å². The lowest BCUT2D eigenvalue weighted by atomic mass is 10.3. The number of rotatable bonds is 8. The van der Waals surface area contributed by atoms with Gasteiger partial charge < -0.3 is 24.8 Å². The monoisotopic (exact) mass is 340 g/mol. The van der Waals surface area contributed by atoms with E-state index in [9.17, 15) is 9.59 Å². The quantitative estimate of drug-likeness (QED) is 0.421. The Bertz CT molecular complexity index is 550. The van der Waals surface area contributed by atoms with Crippen molar-refractivity contribution in [3.05, 3.63) is 24.3 Å². The summed E-state index contributed by atoms with van der Waals surface area (Å²) in [7, 11) is 2.87. The van der Waals surface area contributed by atoms with Crippen molar-refractivity contribution in [3.8, 4) is 5.75 Å². The van der Waals surface area contributed by atoms with Crippen LogP contribution in [0.4, 0.5) is 5.69 Å². The maximum absolute atomic E-state index is 11.6. The number of benzene rings is 1. The molecule has 0 aromatic heterocycles. The Morgan fingerprint density at radius 3 is 2.65 bits per heavy atom. The second kappa shape index (κ2) is 10.5. The molecule has 7 nitrogen and oxygen atoms in total. The predicted molar refractivity (Wildman–Crippen MR) is 89.4 cm³/mol. The third-order valence-electron chi connectivity index (χ3n) is 2.68. The average Bonchev–Trinajstić information content (AvgIpc) is 2.53. The largest absolute Gasteiger partial charge is 0.491 e. The van der Waals surface area contributed by atoms with Gasteiger partial charge in [0.1, 0.15) is 12.4 Å². The van der Waals surface area contributed by atoms with E-state index in [4.69, 9.17) is 21.7 Å². The summed E-state index contributed by atoms with van der Waals surface area (Å²) in [6, 6.07) is 7.14. The van der Waals surface area contributed by atoms with Crippen molar-refractivity contribution in [2.45, 2.75) is 12.8 Å². The van der Waals surface area contributed by atoms with Gasteiger partial charge in [0.2, 0.25) is 5.91 Å². The highest BCUT2D eigenvalue weighted by molar-refractivity contribution is 7.80. The lowest BCUT2D eigenvalue weighted by Crippen LogP contribution is -2.34. The van der Waals surface area contributed by atoms with Crippen LogP contribution in [0.25, 0.3) is 0 Å². The molecular formula is C15H20N2O5S. The third kappa shape index (κ3) is 8.12. The molecule has 1 amide bonds. The van der Waals surface area contributed by atoms with Crippen molar-refractivity contribution in [3.63, 3.8) is 0 Å². The van der Waals surface area contributed by atoms with Gasteiger partial charge in [-0.3, -0.25) is 9.59 Å². The van der Waals surface area contributed by atoms with Gasteiger partial charge in [-0.25, -0.2) is 0 Å². The minimum atomic E-state index is -0.445. The van der Waals surface area contributed by atoms with E-state index >= 15 is 0 Å². The first-order chi connectivity index (χ1) is 11.0. The molecule has 23 heavy (non-hydrogen) atoms. The molecule has 0 aliphatic heterocycles. The van der Waals surface area contributed by atoms with Crippen LogP contribution >= 0.6 is 12.2 Å². The maximum atomic E-state index is 11.6. The number of esters is 1. The predicted octanol–water partition coefficient (Wildman–Crippen LogP) is 1.48. The van der Waals surface area contributed by atoms with Gasteiger partial charge in [0.25, 0.3) is 0 Å². The number of carbonyl (C=O) groups excluding carboxylic acids is 2. The van der Waals surface area contributed by atoms with Crippen molar-refractivity contribution < 1.29 is 23.8 Å². The zero-order valence-electron chi connectivity index (χ0n) is 13.1. The van der Waals surface area contributed by atoms with Gasteiger partial charge in [0.15, 0.2) is 5.11 Å². The molecule has 0 aliphatic rings. The summed E-state index contributed by atoms with van der Waals surface area (Å²) in [5, 5.41) is 5.52. The fourth-order valence-electron chi connectivity index (χ4n) is 1.58. The molecule has 0 spiro atoms. The fraction of sp³-hybridized carbons (Fsp3) is 0.400. The standard InChI is InChI=1S/C15H20N2O5S/c1-20-8-9-22-12-5-3-4-11(10-12)16-15(23)17-13(18)6-7-14(19)21-2/h3-5,10H,6-9H2,1-2H3,(H2,16,17,18,23). The number of amides is 1. The number of ether oxygens (including phenoxy) is 3. The molecule has 0 heterocycles. The molecule has 0 saturated heterocycles. The Balaban J connectivity index is 2.42. The van der Waals surface area contributed by atoms with E-state index in [1.807, 2.05) is 0 Å². The van der Waals surface area contributed by atoms with E-state index in [1.54, 1.807) is 31.4 Å². The molecule has 1 aromatic rings. The summed E-state index contributed by atoms with van der Waals surface area (Å²) in [6.07, 6.45) is 0.0163. The zero-order valence-corrected chi connectivity index (χ0v) is 13.9. The number of anilines is 1. The van der Waals surface area contributed by atoms with Crippen LogP contribution in [0.15, 0.2) is 24.3 Å². The lowest BCUT2D eigenvalue weighted by molar-refractivity contribution is -0.142. The van der Waals surface area contributed by atoms with E-state index in [0.29, 0.717) is 24.7 Å². The van der Waals surface area contributed by atoms with Crippen molar-refractivity contribution in [2.75, 3.05) is 32.8 Å². The highest BCUT2D eigenvalue weighted by Gasteiger charge is 2.08. The topological polar surface area (TPSA) is 85.9 Å². The second-order valence-electron chi connectivity index (χ2n) is 4.45. The number of hydrogen-bond acceptors (Lipinski definition) is 6. The average molecular weight is 340 g/mol. The first kappa shape index (κ1) is 18.9. The summed E-state index contributed by atoms with van der Waals surface area (Å²) in [6.45, 7) is 0.932. The van der Waals surface area contributed by atoms with Crippen LogP contribution in [0.1, 0.15) is 12.8 Å². The first-order valence-corrected chi connectivity index (χ1v) is 7.35. The summed E-state index contributed by atoms with van der Waals surface area (Å²) in [5.41, 5.74) is 0.679. The summed E-state index contributed by atoms with van der Waals surface area (Å²) in [5.74, 6) is -0.146. The Morgan fingerprint density at radius 2 is 1.96 bits per heavy atom. The van der Waals surface area contributed by atoms with E-state index < -0.39 is 5.97 Å². The van der Waals surface area contributed by atoms with Crippen LogP contribution in [0.3, 0.4) is 0 Å². The Kier molecular flexibility index (Phi) is 8.63. The van der Waals surface area contributed by atoms with Crippen molar-refractivity contribution >= 4 is 34.9 Å². The molecule has 0 saturated carbocycles. The van der Waals surface area contributed by atoms with Gasteiger partial charge in [-0.2, -0.15) is 0 Å². The summed E-state index contributed by atoms with van der Waals surface area (Å²) < 4.78 is 14.9. The fourth-order valence-corrected chi connectivity index (χ4v) is 1.81. The molecule has 0 atom stereocenters. The van der Waals surface area contributed by atoms with Crippen molar-refractivity contribution in [2.24, 2.45) is 0 Å². The Hall–Kier alpha value is -2.19. The van der Waals surface area contributed by atoms with Crippen LogP contribution < -0.4 is 15.4 Å². The minimum Gasteiger partial charge on any atom is -0.491 e. The molecule has 0 unspecified atom stereocenters. The normalized spacial score (nSPS) is 9.83. The van der Waals surface area contributed by atoms with E-state index in [2.05, 4.69) is 15.4 Å². The first-order valence-electron chi connectivity index (χ1n) is 6.94. The number of carbonyl (C=O) groups is 2. The zero-order chi connectivity index (χ0) is 17.1. The van der Waals surface area contributed by atoms with Crippen LogP contribution in [0.2, 0.25) is 0 Å². The van der Waals surface area contributed by atoms with Crippen LogP contribution in [0, 0.1) is 0 Å². The molecule has 2 N–H and O–H groups in total. The number of hydrogen-bond donors (Lipinski definition) is 2. The molecule has 1 rings (SSSR count). The highest BCUT2D eigenvalue weighted by Crippen LogP contribution is 2.17. The van der Waals surface area contributed by atoms with E-state index in [-0.39, 0.29) is 23.9 Å². The smallest absolute Gasteiger partial charge is 0.306 e. The molecule has 1 aromatic carbocycles. The Labute approximate surface area is 140 Å². The number of thiocarbonyl (C=S) groups is 1. The van der Waals surface area contributed by atoms with Crippen molar-refractivity contribution in [1.82, 2.24) is 5.32 Å². The minimum absolute atomic E-state index is 0.00771. The molecule has 0 aliphatic carbocycles. The number of methoxy groups -OCH3 is 2. The van der Waals surface area contributed by atoms with Crippen LogP contribution in [-0.4, -0.2) is 44.4 Å². The summed E-state index contributed by atoms with van der Waals surface area (Å²) in [4.78, 5) is 22.6. The maximum Gasteiger partial charge on any atom is 0.306 e. The Morgan fingerprint density at radius 1 is 1.17 bits per heavy atom. The van der Waals surface area contributed by atoms with Crippen LogP contribution in [0.5, 0.6) is 5.75 Å². The second-order valence-corrected chi connectivity index (χ2v) is 4.86. The van der Waals surface area contributed by atoms with E-state index in [0.717, 1.165) is 0 Å². The molecule has 0 bridgehead atoms. The van der Waals surface area contributed by atoms with Gasteiger partial charge in [-0.15, -0.1) is 0 Å². The number of nitrogens with one attached hydrogen (secondary N) is 2. The lowest BCUT2D eigenvalue weighted by Gasteiger charge is -2.11. The SMILES string of the molecule is COCCOc1cccc(NC(=S)NC(=O)CCC(=O)OC)c1.